The van der Waals surface area contributed by atoms with E-state index in [1.54, 1.807) is 0 Å². The van der Waals surface area contributed by atoms with Crippen LogP contribution in [0.4, 0.5) is 5.69 Å². The molecular weight excluding hydrogens is 206 g/mol. The van der Waals surface area contributed by atoms with Crippen LogP contribution in [0.25, 0.3) is 0 Å². The molecule has 0 atom stereocenters. The van der Waals surface area contributed by atoms with E-state index in [4.69, 9.17) is 5.11 Å². The number of phenolic OH excluding ortho intramolecular Hbond substituents is 2. The zero-order valence-corrected chi connectivity index (χ0v) is 9.16. The minimum atomic E-state index is -0.271. The van der Waals surface area contributed by atoms with Gasteiger partial charge in [0.1, 0.15) is 0 Å². The van der Waals surface area contributed by atoms with E-state index in [2.05, 4.69) is 11.9 Å². The number of rotatable bonds is 4. The summed E-state index contributed by atoms with van der Waals surface area (Å²) in [5.41, 5.74) is 0.924. The molecule has 0 radical (unpaired) electrons. The third-order valence-corrected chi connectivity index (χ3v) is 2.11. The van der Waals surface area contributed by atoms with Gasteiger partial charge in [-0.2, -0.15) is 0 Å². The largest absolute Gasteiger partial charge is 0.504 e. The van der Waals surface area contributed by atoms with Crippen molar-refractivity contribution in [2.45, 2.75) is 19.8 Å². The van der Waals surface area contributed by atoms with Gasteiger partial charge in [0.15, 0.2) is 11.5 Å². The molecule has 4 nitrogen and oxygen atoms in total. The Morgan fingerprint density at radius 3 is 2.62 bits per heavy atom. The van der Waals surface area contributed by atoms with Crippen molar-refractivity contribution in [2.75, 3.05) is 5.32 Å². The molecule has 0 aromatic heterocycles. The Bertz CT molecular complexity index is 413. The van der Waals surface area contributed by atoms with Gasteiger partial charge in [-0.05, 0) is 18.6 Å². The fraction of sp³-hybridized carbons (Fsp3) is 0.250. The van der Waals surface area contributed by atoms with Crippen molar-refractivity contribution >= 4 is 11.6 Å². The Labute approximate surface area is 94.2 Å². The number of hydrogen-bond acceptors (Lipinski definition) is 3. The van der Waals surface area contributed by atoms with Crippen LogP contribution in [0, 0.1) is 0 Å². The number of aromatic hydroxyl groups is 2. The average molecular weight is 221 g/mol. The Morgan fingerprint density at radius 2 is 2.06 bits per heavy atom. The molecular formula is C12H15NO3. The second-order valence-corrected chi connectivity index (χ2v) is 3.51. The Kier molecular flexibility index (Phi) is 3.94. The number of carbonyl (C=O) groups is 1. The second kappa shape index (κ2) is 5.21. The monoisotopic (exact) mass is 221 g/mol. The Morgan fingerprint density at radius 1 is 1.38 bits per heavy atom. The first-order valence-electron chi connectivity index (χ1n) is 5.05. The smallest absolute Gasteiger partial charge is 0.250 e. The van der Waals surface area contributed by atoms with E-state index in [1.807, 2.05) is 6.92 Å². The normalized spacial score (nSPS) is 9.81. The molecule has 0 heterocycles. The molecule has 86 valence electrons. The van der Waals surface area contributed by atoms with E-state index >= 15 is 0 Å². The topological polar surface area (TPSA) is 69.6 Å². The first-order valence-corrected chi connectivity index (χ1v) is 5.05. The van der Waals surface area contributed by atoms with Gasteiger partial charge in [-0.25, -0.2) is 0 Å². The molecule has 0 saturated carbocycles. The summed E-state index contributed by atoms with van der Waals surface area (Å²) in [6.45, 7) is 5.62. The highest BCUT2D eigenvalue weighted by Crippen LogP contribution is 2.27. The highest BCUT2D eigenvalue weighted by atomic mass is 16.3. The summed E-state index contributed by atoms with van der Waals surface area (Å²) in [5.74, 6) is -0.753. The molecule has 4 heteroatoms. The van der Waals surface area contributed by atoms with Crippen LogP contribution in [-0.4, -0.2) is 16.1 Å². The van der Waals surface area contributed by atoms with Crippen molar-refractivity contribution in [3.8, 4) is 11.5 Å². The first kappa shape index (κ1) is 12.1. The van der Waals surface area contributed by atoms with Gasteiger partial charge in [0.05, 0.1) is 0 Å². The van der Waals surface area contributed by atoms with Crippen LogP contribution < -0.4 is 5.32 Å². The van der Waals surface area contributed by atoms with Gasteiger partial charge < -0.3 is 15.5 Å². The molecule has 0 spiro atoms. The van der Waals surface area contributed by atoms with Crippen molar-refractivity contribution in [1.82, 2.24) is 0 Å². The lowest BCUT2D eigenvalue weighted by atomic mass is 10.1. The van der Waals surface area contributed by atoms with Crippen LogP contribution in [0.2, 0.25) is 0 Å². The average Bonchev–Trinajstić information content (AvgIpc) is 2.24. The molecule has 0 aliphatic heterocycles. The summed E-state index contributed by atoms with van der Waals surface area (Å²) in [4.78, 5) is 11.5. The lowest BCUT2D eigenvalue weighted by molar-refractivity contribution is -0.113. The number of phenols is 2. The predicted octanol–water partition coefficient (Wildman–Crippen LogP) is 2.39. The van der Waals surface area contributed by atoms with Crippen molar-refractivity contribution < 1.29 is 15.0 Å². The standard InChI is InChI=1S/C12H15NO3/c1-3-4-8(2)12(16)13-9-5-6-10(14)11(15)7-9/h5-7,14-15H,2-4H2,1H3,(H,13,16). The number of nitrogens with one attached hydrogen (secondary N) is 1. The quantitative estimate of drug-likeness (QED) is 0.415. The van der Waals surface area contributed by atoms with E-state index in [9.17, 15) is 9.90 Å². The van der Waals surface area contributed by atoms with Gasteiger partial charge >= 0.3 is 0 Å². The summed E-state index contributed by atoms with van der Waals surface area (Å²) in [6, 6.07) is 4.10. The number of benzene rings is 1. The predicted molar refractivity (Wildman–Crippen MR) is 62.4 cm³/mol. The third-order valence-electron chi connectivity index (χ3n) is 2.11. The maximum atomic E-state index is 11.5. The molecule has 1 amide bonds. The summed E-state index contributed by atoms with van der Waals surface area (Å²) in [7, 11) is 0. The van der Waals surface area contributed by atoms with E-state index in [1.165, 1.54) is 18.2 Å². The summed E-state index contributed by atoms with van der Waals surface area (Å²) < 4.78 is 0. The number of carbonyl (C=O) groups excluding carboxylic acids is 1. The van der Waals surface area contributed by atoms with Gasteiger partial charge in [-0.3, -0.25) is 4.79 Å². The van der Waals surface area contributed by atoms with Gasteiger partial charge in [0.2, 0.25) is 0 Å². The zero-order valence-electron chi connectivity index (χ0n) is 9.16. The van der Waals surface area contributed by atoms with Crippen LogP contribution in [0.3, 0.4) is 0 Å². The van der Waals surface area contributed by atoms with Crippen LogP contribution in [-0.2, 0) is 4.79 Å². The summed E-state index contributed by atoms with van der Waals surface area (Å²) >= 11 is 0. The van der Waals surface area contributed by atoms with Crippen molar-refractivity contribution in [1.29, 1.82) is 0 Å². The molecule has 0 saturated heterocycles. The number of amides is 1. The fourth-order valence-corrected chi connectivity index (χ4v) is 1.24. The highest BCUT2D eigenvalue weighted by molar-refractivity contribution is 6.03. The van der Waals surface area contributed by atoms with Gasteiger partial charge in [-0.1, -0.05) is 19.9 Å². The molecule has 3 N–H and O–H groups in total. The second-order valence-electron chi connectivity index (χ2n) is 3.51. The van der Waals surface area contributed by atoms with Crippen LogP contribution in [0.1, 0.15) is 19.8 Å². The highest BCUT2D eigenvalue weighted by Gasteiger charge is 2.07. The molecule has 0 aliphatic carbocycles. The first-order chi connectivity index (χ1) is 7.54. The molecule has 0 unspecified atom stereocenters. The van der Waals surface area contributed by atoms with Gasteiger partial charge in [-0.15, -0.1) is 0 Å². The lowest BCUT2D eigenvalue weighted by Gasteiger charge is -2.07. The molecule has 0 bridgehead atoms. The van der Waals surface area contributed by atoms with E-state index in [0.717, 1.165) is 6.42 Å². The minimum absolute atomic E-state index is 0.217. The lowest BCUT2D eigenvalue weighted by Crippen LogP contribution is -2.13. The summed E-state index contributed by atoms with van der Waals surface area (Å²) in [6.07, 6.45) is 1.49. The van der Waals surface area contributed by atoms with E-state index < -0.39 is 0 Å². The van der Waals surface area contributed by atoms with Crippen LogP contribution >= 0.6 is 0 Å². The van der Waals surface area contributed by atoms with Gasteiger partial charge in [0.25, 0.3) is 5.91 Å². The van der Waals surface area contributed by atoms with E-state index in [-0.39, 0.29) is 17.4 Å². The molecule has 16 heavy (non-hydrogen) atoms. The zero-order chi connectivity index (χ0) is 12.1. The maximum absolute atomic E-state index is 11.5. The van der Waals surface area contributed by atoms with Gasteiger partial charge in [0, 0.05) is 17.3 Å². The van der Waals surface area contributed by atoms with Crippen molar-refractivity contribution in [2.24, 2.45) is 0 Å². The molecule has 0 aliphatic rings. The SMILES string of the molecule is C=C(CCC)C(=O)Nc1ccc(O)c(O)c1. The fourth-order valence-electron chi connectivity index (χ4n) is 1.24. The van der Waals surface area contributed by atoms with Crippen molar-refractivity contribution in [3.63, 3.8) is 0 Å². The Hall–Kier alpha value is -1.97. The van der Waals surface area contributed by atoms with Crippen molar-refractivity contribution in [3.05, 3.63) is 30.4 Å². The summed E-state index contributed by atoms with van der Waals surface area (Å²) in [5, 5.41) is 20.9. The molecule has 1 rings (SSSR count). The van der Waals surface area contributed by atoms with Crippen LogP contribution in [0.15, 0.2) is 30.4 Å². The third kappa shape index (κ3) is 3.02. The number of anilines is 1. The minimum Gasteiger partial charge on any atom is -0.504 e. The molecule has 0 fully saturated rings. The van der Waals surface area contributed by atoms with Crippen LogP contribution in [0.5, 0.6) is 11.5 Å². The van der Waals surface area contributed by atoms with E-state index in [0.29, 0.717) is 17.7 Å². The molecule has 1 aromatic rings. The Balaban J connectivity index is 2.70. The number of hydrogen-bond donors (Lipinski definition) is 3. The molecule has 1 aromatic carbocycles. The maximum Gasteiger partial charge on any atom is 0.250 e.